The van der Waals surface area contributed by atoms with Crippen LogP contribution in [-0.2, 0) is 0 Å². The molecule has 64 valence electrons. The molecule has 0 unspecified atom stereocenters. The van der Waals surface area contributed by atoms with E-state index in [4.69, 9.17) is 0 Å². The van der Waals surface area contributed by atoms with E-state index >= 15 is 0 Å². The van der Waals surface area contributed by atoms with E-state index in [0.717, 1.165) is 11.1 Å². The molecule has 0 aliphatic carbocycles. The zero-order valence-electron chi connectivity index (χ0n) is 9.49. The Hall–Kier alpha value is -0.804. The second-order valence-electron chi connectivity index (χ2n) is 2.80. The molecule has 0 atom stereocenters. The standard InChI is InChI=1S/C10H9NO.Mg.2H/c1-7-5-6-8-3-2-4-9(12)10(8)11-7;;;/h2-6,12H,1H3;;;/q;+2;2*-1. The Morgan fingerprint density at radius 2 is 2.00 bits per heavy atom. The fourth-order valence-electron chi connectivity index (χ4n) is 1.23. The molecule has 0 fully saturated rings. The van der Waals surface area contributed by atoms with Crippen molar-refractivity contribution in [3.63, 3.8) is 0 Å². The molecule has 3 heteroatoms. The fraction of sp³-hybridized carbons (Fsp3) is 0.100. The summed E-state index contributed by atoms with van der Waals surface area (Å²) in [5.74, 6) is 0.246. The van der Waals surface area contributed by atoms with E-state index in [9.17, 15) is 5.11 Å². The van der Waals surface area contributed by atoms with Gasteiger partial charge >= 0.3 is 23.1 Å². The summed E-state index contributed by atoms with van der Waals surface area (Å²) in [4.78, 5) is 4.23. The van der Waals surface area contributed by atoms with Gasteiger partial charge in [0.1, 0.15) is 11.3 Å². The Labute approximate surface area is 95.7 Å². The number of hydrogen-bond acceptors (Lipinski definition) is 2. The van der Waals surface area contributed by atoms with Crippen LogP contribution in [0.1, 0.15) is 8.55 Å². The Morgan fingerprint density at radius 1 is 1.23 bits per heavy atom. The molecule has 0 amide bonds. The number of para-hydroxylation sites is 1. The van der Waals surface area contributed by atoms with E-state index in [0.29, 0.717) is 5.52 Å². The van der Waals surface area contributed by atoms with Crippen molar-refractivity contribution in [1.29, 1.82) is 0 Å². The van der Waals surface area contributed by atoms with Crippen LogP contribution in [0.4, 0.5) is 0 Å². The maximum absolute atomic E-state index is 9.43. The van der Waals surface area contributed by atoms with Gasteiger partial charge in [-0.1, -0.05) is 18.2 Å². The van der Waals surface area contributed by atoms with Gasteiger partial charge in [-0.25, -0.2) is 4.98 Å². The maximum atomic E-state index is 9.43. The largest absolute Gasteiger partial charge is 2.00 e. The van der Waals surface area contributed by atoms with Gasteiger partial charge in [0.15, 0.2) is 0 Å². The Morgan fingerprint density at radius 3 is 2.77 bits per heavy atom. The summed E-state index contributed by atoms with van der Waals surface area (Å²) < 4.78 is 0. The molecule has 1 N–H and O–H groups in total. The van der Waals surface area contributed by atoms with Crippen molar-refractivity contribution in [1.82, 2.24) is 4.98 Å². The first-order valence-corrected chi connectivity index (χ1v) is 3.83. The smallest absolute Gasteiger partial charge is 1.00 e. The Kier molecular flexibility index (Phi) is 3.11. The predicted octanol–water partition coefficient (Wildman–Crippen LogP) is 2.09. The molecular weight excluding hydrogens is 174 g/mol. The summed E-state index contributed by atoms with van der Waals surface area (Å²) in [7, 11) is 0. The van der Waals surface area contributed by atoms with Gasteiger partial charge < -0.3 is 7.96 Å². The van der Waals surface area contributed by atoms with Crippen molar-refractivity contribution >= 4 is 34.0 Å². The van der Waals surface area contributed by atoms with Gasteiger partial charge in [0.25, 0.3) is 0 Å². The molecular formula is C10H11MgNO. The van der Waals surface area contributed by atoms with Crippen molar-refractivity contribution in [2.75, 3.05) is 0 Å². The topological polar surface area (TPSA) is 33.1 Å². The minimum absolute atomic E-state index is 0. The van der Waals surface area contributed by atoms with Crippen molar-refractivity contribution in [2.24, 2.45) is 0 Å². The third-order valence-corrected chi connectivity index (χ3v) is 1.84. The molecule has 0 aliphatic heterocycles. The number of aromatic nitrogens is 1. The molecule has 2 aromatic rings. The molecule has 0 spiro atoms. The van der Waals surface area contributed by atoms with Gasteiger partial charge in [-0.15, -0.1) is 0 Å². The van der Waals surface area contributed by atoms with E-state index in [2.05, 4.69) is 4.98 Å². The van der Waals surface area contributed by atoms with Gasteiger partial charge in [0, 0.05) is 11.1 Å². The van der Waals surface area contributed by atoms with Gasteiger partial charge in [-0.2, -0.15) is 0 Å². The number of rotatable bonds is 0. The van der Waals surface area contributed by atoms with Crippen LogP contribution in [0.25, 0.3) is 10.9 Å². The number of benzene rings is 1. The first kappa shape index (κ1) is 10.3. The van der Waals surface area contributed by atoms with E-state index in [-0.39, 0.29) is 31.7 Å². The third-order valence-electron chi connectivity index (χ3n) is 1.84. The maximum Gasteiger partial charge on any atom is 2.00 e. The quantitative estimate of drug-likeness (QED) is 0.638. The van der Waals surface area contributed by atoms with Crippen LogP contribution < -0.4 is 0 Å². The number of aromatic hydroxyl groups is 1. The Balaban J connectivity index is 0. The van der Waals surface area contributed by atoms with E-state index in [1.54, 1.807) is 6.07 Å². The summed E-state index contributed by atoms with van der Waals surface area (Å²) in [5, 5.41) is 10.4. The summed E-state index contributed by atoms with van der Waals surface area (Å²) in [6.07, 6.45) is 0. The molecule has 13 heavy (non-hydrogen) atoms. The predicted molar refractivity (Wildman–Crippen MR) is 56.1 cm³/mol. The Bertz CT molecular complexity index is 437. The number of phenols is 1. The number of hydrogen-bond donors (Lipinski definition) is 1. The van der Waals surface area contributed by atoms with E-state index < -0.39 is 0 Å². The second kappa shape index (κ2) is 3.94. The van der Waals surface area contributed by atoms with Crippen LogP contribution >= 0.6 is 0 Å². The molecule has 2 rings (SSSR count). The first-order valence-electron chi connectivity index (χ1n) is 3.83. The van der Waals surface area contributed by atoms with Crippen molar-refractivity contribution < 1.29 is 7.96 Å². The summed E-state index contributed by atoms with van der Waals surface area (Å²) in [6, 6.07) is 9.28. The average molecular weight is 186 g/mol. The van der Waals surface area contributed by atoms with Crippen LogP contribution in [0.15, 0.2) is 30.3 Å². The first-order chi connectivity index (χ1) is 5.77. The average Bonchev–Trinajstić information content (AvgIpc) is 2.07. The van der Waals surface area contributed by atoms with Crippen LogP contribution in [0.2, 0.25) is 0 Å². The van der Waals surface area contributed by atoms with Crippen molar-refractivity contribution in [3.05, 3.63) is 36.0 Å². The number of phenolic OH excluding ortho intramolecular Hbond substituents is 1. The number of pyridine rings is 1. The van der Waals surface area contributed by atoms with Crippen molar-refractivity contribution in [3.8, 4) is 5.75 Å². The minimum atomic E-state index is 0. The molecule has 0 saturated heterocycles. The molecule has 2 nitrogen and oxygen atoms in total. The van der Waals surface area contributed by atoms with Crippen molar-refractivity contribution in [2.45, 2.75) is 6.92 Å². The van der Waals surface area contributed by atoms with Gasteiger partial charge in [-0.3, -0.25) is 0 Å². The van der Waals surface area contributed by atoms with Crippen LogP contribution in [0.5, 0.6) is 5.75 Å². The van der Waals surface area contributed by atoms with Gasteiger partial charge in [0.2, 0.25) is 0 Å². The number of aryl methyl sites for hydroxylation is 1. The zero-order valence-corrected chi connectivity index (χ0v) is 8.90. The molecule has 0 bridgehead atoms. The molecule has 1 aromatic heterocycles. The van der Waals surface area contributed by atoms with Crippen LogP contribution in [-0.4, -0.2) is 33.1 Å². The van der Waals surface area contributed by atoms with E-state index in [1.165, 1.54) is 0 Å². The molecule has 0 aliphatic rings. The SMILES string of the molecule is Cc1ccc2cccc(O)c2n1.[H-].[H-].[Mg+2]. The third kappa shape index (κ3) is 1.92. The minimum Gasteiger partial charge on any atom is -1.00 e. The van der Waals surface area contributed by atoms with E-state index in [1.807, 2.05) is 31.2 Å². The van der Waals surface area contributed by atoms with Gasteiger partial charge in [-0.05, 0) is 19.1 Å². The summed E-state index contributed by atoms with van der Waals surface area (Å²) >= 11 is 0. The summed E-state index contributed by atoms with van der Waals surface area (Å²) in [6.45, 7) is 1.91. The molecule has 0 radical (unpaired) electrons. The monoisotopic (exact) mass is 185 g/mol. The van der Waals surface area contributed by atoms with Gasteiger partial charge in [0.05, 0.1) is 0 Å². The fourth-order valence-corrected chi connectivity index (χ4v) is 1.23. The second-order valence-corrected chi connectivity index (χ2v) is 2.80. The molecule has 1 aromatic carbocycles. The summed E-state index contributed by atoms with van der Waals surface area (Å²) in [5.41, 5.74) is 1.60. The zero-order chi connectivity index (χ0) is 8.55. The normalized spacial score (nSPS) is 9.62. The molecule has 1 heterocycles. The number of fused-ring (bicyclic) bond motifs is 1. The molecule has 0 saturated carbocycles. The van der Waals surface area contributed by atoms with Crippen LogP contribution in [0.3, 0.4) is 0 Å². The number of nitrogens with zero attached hydrogens (tertiary/aromatic N) is 1. The van der Waals surface area contributed by atoms with Crippen LogP contribution in [0, 0.1) is 6.92 Å².